The van der Waals surface area contributed by atoms with Crippen LogP contribution in [0.3, 0.4) is 0 Å². The monoisotopic (exact) mass is 383 g/mol. The van der Waals surface area contributed by atoms with Crippen LogP contribution >= 0.6 is 0 Å². The van der Waals surface area contributed by atoms with Gasteiger partial charge in [-0.25, -0.2) is 0 Å². The Morgan fingerprint density at radius 2 is 1.00 bits per heavy atom. The van der Waals surface area contributed by atoms with Gasteiger partial charge in [-0.15, -0.1) is 0 Å². The highest BCUT2D eigenvalue weighted by molar-refractivity contribution is 5.77. The Morgan fingerprint density at radius 3 is 1.34 bits per heavy atom. The van der Waals surface area contributed by atoms with Crippen LogP contribution in [0.5, 0.6) is 0 Å². The topological polar surface area (TPSA) is 3.24 Å². The Kier molecular flexibility index (Phi) is 7.69. The van der Waals surface area contributed by atoms with Gasteiger partial charge in [0.15, 0.2) is 0 Å². The first kappa shape index (κ1) is 20.9. The van der Waals surface area contributed by atoms with E-state index in [1.165, 1.54) is 53.9 Å². The Balaban J connectivity index is 1.93. The number of hydrogen-bond donors (Lipinski definition) is 0. The SMILES string of the molecule is C=Cc1ccc(N(c2ccc(CCCC)cc2)c2ccc(CCCC)cc2)cc1. The molecule has 3 aromatic rings. The van der Waals surface area contributed by atoms with Crippen LogP contribution in [-0.4, -0.2) is 0 Å². The lowest BCUT2D eigenvalue weighted by Gasteiger charge is -2.26. The molecule has 0 radical (unpaired) electrons. The van der Waals surface area contributed by atoms with Gasteiger partial charge in [0, 0.05) is 17.1 Å². The van der Waals surface area contributed by atoms with E-state index in [-0.39, 0.29) is 0 Å². The first-order valence-electron chi connectivity index (χ1n) is 11.0. The van der Waals surface area contributed by atoms with Gasteiger partial charge in [0.25, 0.3) is 0 Å². The molecule has 0 fully saturated rings. The average Bonchev–Trinajstić information content (AvgIpc) is 2.78. The molecule has 1 nitrogen and oxygen atoms in total. The lowest BCUT2D eigenvalue weighted by molar-refractivity contribution is 0.795. The maximum Gasteiger partial charge on any atom is 0.0462 e. The van der Waals surface area contributed by atoms with Gasteiger partial charge in [-0.2, -0.15) is 0 Å². The van der Waals surface area contributed by atoms with Crippen molar-refractivity contribution in [2.45, 2.75) is 52.4 Å². The average molecular weight is 384 g/mol. The molecule has 0 aromatic heterocycles. The van der Waals surface area contributed by atoms with Crippen LogP contribution in [0.2, 0.25) is 0 Å². The number of aryl methyl sites for hydroxylation is 2. The molecule has 0 saturated heterocycles. The van der Waals surface area contributed by atoms with E-state index in [2.05, 4.69) is 98.1 Å². The third kappa shape index (κ3) is 5.60. The molecule has 0 bridgehead atoms. The summed E-state index contributed by atoms with van der Waals surface area (Å²) in [7, 11) is 0. The molecule has 3 rings (SSSR count). The van der Waals surface area contributed by atoms with E-state index < -0.39 is 0 Å². The number of rotatable bonds is 10. The summed E-state index contributed by atoms with van der Waals surface area (Å²) in [4.78, 5) is 2.33. The molecule has 3 aromatic carbocycles. The molecule has 0 saturated carbocycles. The number of nitrogens with zero attached hydrogens (tertiary/aromatic N) is 1. The molecule has 0 atom stereocenters. The van der Waals surface area contributed by atoms with Crippen LogP contribution in [0.25, 0.3) is 6.08 Å². The molecule has 1 heteroatoms. The van der Waals surface area contributed by atoms with Crippen molar-refractivity contribution in [1.29, 1.82) is 0 Å². The summed E-state index contributed by atoms with van der Waals surface area (Å²) in [6, 6.07) is 26.7. The summed E-state index contributed by atoms with van der Waals surface area (Å²) >= 11 is 0. The number of unbranched alkanes of at least 4 members (excludes halogenated alkanes) is 2. The predicted octanol–water partition coefficient (Wildman–Crippen LogP) is 8.48. The number of anilines is 3. The molecule has 0 heterocycles. The van der Waals surface area contributed by atoms with Gasteiger partial charge >= 0.3 is 0 Å². The van der Waals surface area contributed by atoms with Crippen molar-refractivity contribution in [2.75, 3.05) is 4.90 Å². The lowest BCUT2D eigenvalue weighted by atomic mass is 10.1. The van der Waals surface area contributed by atoms with Crippen molar-refractivity contribution in [3.63, 3.8) is 0 Å². The third-order valence-electron chi connectivity index (χ3n) is 5.41. The number of benzene rings is 3. The van der Waals surface area contributed by atoms with Gasteiger partial charge < -0.3 is 4.90 Å². The van der Waals surface area contributed by atoms with Gasteiger partial charge in [0.2, 0.25) is 0 Å². The maximum absolute atomic E-state index is 3.88. The quantitative estimate of drug-likeness (QED) is 0.339. The molecule has 0 aliphatic rings. The molecule has 29 heavy (non-hydrogen) atoms. The van der Waals surface area contributed by atoms with Crippen LogP contribution in [0, 0.1) is 0 Å². The first-order chi connectivity index (χ1) is 14.2. The van der Waals surface area contributed by atoms with Crippen molar-refractivity contribution >= 4 is 23.1 Å². The summed E-state index contributed by atoms with van der Waals surface area (Å²) < 4.78 is 0. The van der Waals surface area contributed by atoms with Gasteiger partial charge in [0.05, 0.1) is 0 Å². The van der Waals surface area contributed by atoms with Crippen molar-refractivity contribution in [1.82, 2.24) is 0 Å². The zero-order valence-electron chi connectivity index (χ0n) is 17.9. The molecular formula is C28H33N. The van der Waals surface area contributed by atoms with Gasteiger partial charge in [-0.1, -0.05) is 75.7 Å². The minimum absolute atomic E-state index is 1.14. The van der Waals surface area contributed by atoms with E-state index in [1.807, 2.05) is 6.08 Å². The molecule has 150 valence electrons. The number of hydrogen-bond acceptors (Lipinski definition) is 1. The van der Waals surface area contributed by atoms with Crippen LogP contribution < -0.4 is 4.90 Å². The van der Waals surface area contributed by atoms with Crippen molar-refractivity contribution in [3.05, 3.63) is 96.1 Å². The summed E-state index contributed by atoms with van der Waals surface area (Å²) in [6.07, 6.45) is 9.13. The maximum atomic E-state index is 3.88. The summed E-state index contributed by atoms with van der Waals surface area (Å²) in [6.45, 7) is 8.36. The molecule has 0 spiro atoms. The third-order valence-corrected chi connectivity index (χ3v) is 5.41. The summed E-state index contributed by atoms with van der Waals surface area (Å²) in [5.41, 5.74) is 7.51. The van der Waals surface area contributed by atoms with Gasteiger partial charge in [0.1, 0.15) is 0 Å². The van der Waals surface area contributed by atoms with Crippen molar-refractivity contribution in [3.8, 4) is 0 Å². The Bertz CT molecular complexity index is 822. The second-order valence-corrected chi connectivity index (χ2v) is 7.67. The molecule has 0 aliphatic carbocycles. The van der Waals surface area contributed by atoms with Crippen LogP contribution in [0.1, 0.15) is 56.2 Å². The minimum Gasteiger partial charge on any atom is -0.311 e. The summed E-state index contributed by atoms with van der Waals surface area (Å²) in [5, 5.41) is 0. The lowest BCUT2D eigenvalue weighted by Crippen LogP contribution is -2.10. The fraction of sp³-hybridized carbons (Fsp3) is 0.286. The largest absolute Gasteiger partial charge is 0.311 e. The fourth-order valence-electron chi connectivity index (χ4n) is 3.59. The second kappa shape index (κ2) is 10.7. The predicted molar refractivity (Wildman–Crippen MR) is 128 cm³/mol. The van der Waals surface area contributed by atoms with Gasteiger partial charge in [-0.05, 0) is 78.8 Å². The van der Waals surface area contributed by atoms with Crippen molar-refractivity contribution in [2.24, 2.45) is 0 Å². The highest BCUT2D eigenvalue weighted by Crippen LogP contribution is 2.35. The molecular weight excluding hydrogens is 350 g/mol. The second-order valence-electron chi connectivity index (χ2n) is 7.67. The molecule has 0 amide bonds. The zero-order chi connectivity index (χ0) is 20.5. The molecule has 0 aliphatic heterocycles. The Morgan fingerprint density at radius 1 is 0.621 bits per heavy atom. The standard InChI is InChI=1S/C28H33N/c1-4-7-9-24-13-19-27(20-14-24)29(26-17-11-23(6-3)12-18-26)28-21-15-25(16-22-28)10-8-5-2/h6,11-22H,3-5,7-10H2,1-2H3. The minimum atomic E-state index is 1.14. The van der Waals surface area contributed by atoms with E-state index >= 15 is 0 Å². The van der Waals surface area contributed by atoms with E-state index in [0.717, 1.165) is 18.4 Å². The highest BCUT2D eigenvalue weighted by atomic mass is 15.1. The first-order valence-corrected chi connectivity index (χ1v) is 11.0. The summed E-state index contributed by atoms with van der Waals surface area (Å²) in [5.74, 6) is 0. The molecule has 0 unspecified atom stereocenters. The smallest absolute Gasteiger partial charge is 0.0462 e. The van der Waals surface area contributed by atoms with E-state index in [0.29, 0.717) is 0 Å². The fourth-order valence-corrected chi connectivity index (χ4v) is 3.59. The van der Waals surface area contributed by atoms with Gasteiger partial charge in [-0.3, -0.25) is 0 Å². The molecule has 0 N–H and O–H groups in total. The highest BCUT2D eigenvalue weighted by Gasteiger charge is 2.12. The Hall–Kier alpha value is -2.80. The van der Waals surface area contributed by atoms with Crippen LogP contribution in [0.15, 0.2) is 79.4 Å². The van der Waals surface area contributed by atoms with E-state index in [4.69, 9.17) is 0 Å². The van der Waals surface area contributed by atoms with Crippen LogP contribution in [-0.2, 0) is 12.8 Å². The normalized spacial score (nSPS) is 10.7. The zero-order valence-corrected chi connectivity index (χ0v) is 17.9. The van der Waals surface area contributed by atoms with E-state index in [9.17, 15) is 0 Å². The van der Waals surface area contributed by atoms with E-state index in [1.54, 1.807) is 0 Å². The van der Waals surface area contributed by atoms with Crippen LogP contribution in [0.4, 0.5) is 17.1 Å². The Labute approximate surface area is 176 Å². The van der Waals surface area contributed by atoms with Crippen molar-refractivity contribution < 1.29 is 0 Å².